The zero-order chi connectivity index (χ0) is 17.4. The molecule has 1 aromatic carbocycles. The van der Waals surface area contributed by atoms with E-state index in [2.05, 4.69) is 20.3 Å². The van der Waals surface area contributed by atoms with Crippen molar-refractivity contribution in [3.05, 3.63) is 54.4 Å². The molecule has 0 amide bonds. The fraction of sp³-hybridized carbons (Fsp3) is 0.118. The zero-order valence-electron chi connectivity index (χ0n) is 13.6. The third kappa shape index (κ3) is 2.53. The highest BCUT2D eigenvalue weighted by Crippen LogP contribution is 2.19. The summed E-state index contributed by atoms with van der Waals surface area (Å²) in [5.41, 5.74) is 3.17. The smallest absolute Gasteiger partial charge is 0.356 e. The van der Waals surface area contributed by atoms with Gasteiger partial charge in [0.15, 0.2) is 0 Å². The summed E-state index contributed by atoms with van der Waals surface area (Å²) in [5, 5.41) is 8.29. The first-order valence-corrected chi connectivity index (χ1v) is 7.57. The molecule has 3 heterocycles. The maximum Gasteiger partial charge on any atom is 0.356 e. The first kappa shape index (κ1) is 15.0. The second kappa shape index (κ2) is 5.82. The number of imidazole rings is 1. The second-order valence-corrected chi connectivity index (χ2v) is 5.41. The maximum atomic E-state index is 11.6. The van der Waals surface area contributed by atoms with Crippen molar-refractivity contribution >= 4 is 17.0 Å². The number of para-hydroxylation sites is 2. The summed E-state index contributed by atoms with van der Waals surface area (Å²) in [6, 6.07) is 12.9. The van der Waals surface area contributed by atoms with Crippen molar-refractivity contribution in [1.82, 2.24) is 29.5 Å². The molecule has 0 saturated heterocycles. The quantitative estimate of drug-likeness (QED) is 0.533. The molecule has 0 aliphatic rings. The van der Waals surface area contributed by atoms with Gasteiger partial charge in [-0.2, -0.15) is 4.68 Å². The van der Waals surface area contributed by atoms with Crippen molar-refractivity contribution in [3.63, 3.8) is 0 Å². The fourth-order valence-electron chi connectivity index (χ4n) is 2.61. The van der Waals surface area contributed by atoms with E-state index >= 15 is 0 Å². The van der Waals surface area contributed by atoms with Gasteiger partial charge in [-0.05, 0) is 24.3 Å². The minimum atomic E-state index is -0.496. The Morgan fingerprint density at radius 1 is 1.04 bits per heavy atom. The summed E-state index contributed by atoms with van der Waals surface area (Å²) in [7, 11) is 3.24. The molecule has 0 radical (unpaired) electrons. The zero-order valence-corrected chi connectivity index (χ0v) is 13.6. The molecule has 0 unspecified atom stereocenters. The Bertz CT molecular complexity index is 1080. The molecular formula is C17H14N6O2. The van der Waals surface area contributed by atoms with Crippen molar-refractivity contribution in [3.8, 4) is 17.3 Å². The Kier molecular flexibility index (Phi) is 3.50. The Hall–Kier alpha value is -3.55. The lowest BCUT2D eigenvalue weighted by molar-refractivity contribution is 0.0594. The number of rotatable bonds is 3. The van der Waals surface area contributed by atoms with Gasteiger partial charge in [0.2, 0.25) is 5.95 Å². The van der Waals surface area contributed by atoms with Crippen LogP contribution in [0.5, 0.6) is 0 Å². The number of pyridine rings is 1. The minimum Gasteiger partial charge on any atom is -0.464 e. The fourth-order valence-corrected chi connectivity index (χ4v) is 2.61. The number of ether oxygens (including phenoxy) is 1. The lowest BCUT2D eigenvalue weighted by Crippen LogP contribution is -2.04. The van der Waals surface area contributed by atoms with E-state index in [0.29, 0.717) is 17.3 Å². The van der Waals surface area contributed by atoms with Crippen LogP contribution in [0.2, 0.25) is 0 Å². The standard InChI is InChI=1S/C17H14N6O2/c1-22-15-9-4-3-6-12(15)19-17(22)23-10-14(20-21-23)11-7-5-8-13(18-11)16(24)25-2/h3-10H,1-2H3. The number of esters is 1. The van der Waals surface area contributed by atoms with Gasteiger partial charge in [-0.15, -0.1) is 5.10 Å². The average molecular weight is 334 g/mol. The molecule has 0 spiro atoms. The van der Waals surface area contributed by atoms with Crippen LogP contribution in [-0.4, -0.2) is 42.6 Å². The Labute approximate surface area is 142 Å². The highest BCUT2D eigenvalue weighted by atomic mass is 16.5. The van der Waals surface area contributed by atoms with Crippen molar-refractivity contribution in [2.45, 2.75) is 0 Å². The summed E-state index contributed by atoms with van der Waals surface area (Å²) in [4.78, 5) is 20.5. The van der Waals surface area contributed by atoms with E-state index in [0.717, 1.165) is 11.0 Å². The number of hydrogen-bond donors (Lipinski definition) is 0. The van der Waals surface area contributed by atoms with E-state index in [9.17, 15) is 4.79 Å². The number of fused-ring (bicyclic) bond motifs is 1. The molecule has 0 N–H and O–H groups in total. The number of methoxy groups -OCH3 is 1. The molecule has 124 valence electrons. The molecule has 0 saturated carbocycles. The van der Waals surface area contributed by atoms with E-state index in [4.69, 9.17) is 4.74 Å². The molecule has 0 fully saturated rings. The van der Waals surface area contributed by atoms with Gasteiger partial charge < -0.3 is 9.30 Å². The van der Waals surface area contributed by atoms with Crippen LogP contribution in [-0.2, 0) is 11.8 Å². The van der Waals surface area contributed by atoms with Crippen LogP contribution < -0.4 is 0 Å². The Morgan fingerprint density at radius 2 is 1.88 bits per heavy atom. The van der Waals surface area contributed by atoms with Crippen LogP contribution in [0.4, 0.5) is 0 Å². The third-order valence-corrected chi connectivity index (χ3v) is 3.87. The van der Waals surface area contributed by atoms with Crippen molar-refractivity contribution < 1.29 is 9.53 Å². The van der Waals surface area contributed by atoms with Gasteiger partial charge in [-0.1, -0.05) is 23.4 Å². The van der Waals surface area contributed by atoms with E-state index in [-0.39, 0.29) is 5.69 Å². The minimum absolute atomic E-state index is 0.220. The van der Waals surface area contributed by atoms with Crippen LogP contribution in [0, 0.1) is 0 Å². The molecule has 0 atom stereocenters. The topological polar surface area (TPSA) is 87.7 Å². The molecule has 8 nitrogen and oxygen atoms in total. The van der Waals surface area contributed by atoms with Crippen LogP contribution in [0.1, 0.15) is 10.5 Å². The molecule has 25 heavy (non-hydrogen) atoms. The summed E-state index contributed by atoms with van der Waals surface area (Å²) >= 11 is 0. The lowest BCUT2D eigenvalue weighted by atomic mass is 10.2. The largest absolute Gasteiger partial charge is 0.464 e. The highest BCUT2D eigenvalue weighted by molar-refractivity contribution is 5.87. The van der Waals surface area contributed by atoms with Crippen molar-refractivity contribution in [1.29, 1.82) is 0 Å². The summed E-state index contributed by atoms with van der Waals surface area (Å²) in [5.74, 6) is 0.147. The molecule has 4 rings (SSSR count). The normalized spacial score (nSPS) is 11.0. The highest BCUT2D eigenvalue weighted by Gasteiger charge is 2.14. The predicted molar refractivity (Wildman–Crippen MR) is 90.2 cm³/mol. The van der Waals surface area contributed by atoms with Gasteiger partial charge in [-0.3, -0.25) is 0 Å². The molecule has 4 aromatic rings. The predicted octanol–water partition coefficient (Wildman–Crippen LogP) is 2.00. The second-order valence-electron chi connectivity index (χ2n) is 5.41. The molecule has 8 heteroatoms. The Balaban J connectivity index is 1.75. The summed E-state index contributed by atoms with van der Waals surface area (Å²) in [6.45, 7) is 0. The molecule has 3 aromatic heterocycles. The molecule has 0 bridgehead atoms. The van der Waals surface area contributed by atoms with E-state index in [1.807, 2.05) is 35.9 Å². The molecule has 0 aliphatic carbocycles. The first-order valence-electron chi connectivity index (χ1n) is 7.57. The van der Waals surface area contributed by atoms with E-state index in [1.54, 1.807) is 29.1 Å². The van der Waals surface area contributed by atoms with Gasteiger partial charge in [0.1, 0.15) is 11.4 Å². The molecular weight excluding hydrogens is 320 g/mol. The monoisotopic (exact) mass is 334 g/mol. The summed E-state index contributed by atoms with van der Waals surface area (Å²) in [6.07, 6.45) is 1.73. The van der Waals surface area contributed by atoms with Crippen molar-refractivity contribution in [2.24, 2.45) is 7.05 Å². The van der Waals surface area contributed by atoms with Gasteiger partial charge in [0.25, 0.3) is 0 Å². The third-order valence-electron chi connectivity index (χ3n) is 3.87. The van der Waals surface area contributed by atoms with Crippen LogP contribution in [0.3, 0.4) is 0 Å². The number of carbonyl (C=O) groups is 1. The van der Waals surface area contributed by atoms with Gasteiger partial charge >= 0.3 is 5.97 Å². The number of aryl methyl sites for hydroxylation is 1. The summed E-state index contributed by atoms with van der Waals surface area (Å²) < 4.78 is 8.22. The maximum absolute atomic E-state index is 11.6. The number of aromatic nitrogens is 6. The van der Waals surface area contributed by atoms with Crippen molar-refractivity contribution in [2.75, 3.05) is 7.11 Å². The number of benzene rings is 1. The number of nitrogens with zero attached hydrogens (tertiary/aromatic N) is 6. The lowest BCUT2D eigenvalue weighted by Gasteiger charge is -2.01. The SMILES string of the molecule is COC(=O)c1cccc(-c2cn(-c3nc4ccccc4n3C)nn2)n1. The average Bonchev–Trinajstić information content (AvgIpc) is 3.26. The van der Waals surface area contributed by atoms with Crippen LogP contribution in [0.25, 0.3) is 28.4 Å². The number of hydrogen-bond acceptors (Lipinski definition) is 6. The van der Waals surface area contributed by atoms with Crippen LogP contribution in [0.15, 0.2) is 48.7 Å². The van der Waals surface area contributed by atoms with Gasteiger partial charge in [0, 0.05) is 7.05 Å². The first-order chi connectivity index (χ1) is 12.2. The Morgan fingerprint density at radius 3 is 2.68 bits per heavy atom. The van der Waals surface area contributed by atoms with Crippen LogP contribution >= 0.6 is 0 Å². The number of carbonyl (C=O) groups excluding carboxylic acids is 1. The van der Waals surface area contributed by atoms with E-state index < -0.39 is 5.97 Å². The van der Waals surface area contributed by atoms with Gasteiger partial charge in [0.05, 0.1) is 30.0 Å². The van der Waals surface area contributed by atoms with E-state index in [1.165, 1.54) is 7.11 Å². The van der Waals surface area contributed by atoms with Gasteiger partial charge in [-0.25, -0.2) is 14.8 Å². The molecule has 0 aliphatic heterocycles.